The molecule has 0 aromatic heterocycles. The van der Waals surface area contributed by atoms with Crippen LogP contribution >= 0.6 is 0 Å². The topological polar surface area (TPSA) is 32.5 Å². The van der Waals surface area contributed by atoms with Crippen LogP contribution in [-0.4, -0.2) is 43.8 Å². The normalized spacial score (nSPS) is 17.6. The first-order valence-corrected chi connectivity index (χ1v) is 6.73. The summed E-state index contributed by atoms with van der Waals surface area (Å²) in [6.07, 6.45) is -4.12. The summed E-state index contributed by atoms with van der Waals surface area (Å²) in [5, 5.41) is 0. The maximum atomic E-state index is 12.4. The van der Waals surface area contributed by atoms with Gasteiger partial charge in [-0.3, -0.25) is 4.90 Å². The molecular weight excluding hydrogens is 267 g/mol. The molecule has 2 rings (SSSR count). The standard InChI is InChI=1S/C14H20F3N3/c1-11-3-2-4-12(9-18)13(11)20-7-5-19(6-8-20)10-14(15,16)17/h2-4H,5-10,18H2,1H3. The first-order chi connectivity index (χ1) is 9.40. The number of hydrogen-bond donors (Lipinski definition) is 1. The molecule has 1 aliphatic rings. The Balaban J connectivity index is 2.04. The van der Waals surface area contributed by atoms with Crippen molar-refractivity contribution in [2.45, 2.75) is 19.6 Å². The summed E-state index contributed by atoms with van der Waals surface area (Å²) in [4.78, 5) is 3.60. The van der Waals surface area contributed by atoms with Crippen molar-refractivity contribution in [3.63, 3.8) is 0 Å². The molecule has 0 saturated carbocycles. The molecule has 6 heteroatoms. The van der Waals surface area contributed by atoms with Crippen LogP contribution in [0.25, 0.3) is 0 Å². The van der Waals surface area contributed by atoms with Crippen LogP contribution < -0.4 is 10.6 Å². The highest BCUT2D eigenvalue weighted by Gasteiger charge is 2.32. The molecule has 1 saturated heterocycles. The van der Waals surface area contributed by atoms with Crippen LogP contribution in [0.15, 0.2) is 18.2 Å². The number of benzene rings is 1. The van der Waals surface area contributed by atoms with Crippen LogP contribution in [0.1, 0.15) is 11.1 Å². The SMILES string of the molecule is Cc1cccc(CN)c1N1CCN(CC(F)(F)F)CC1. The lowest BCUT2D eigenvalue weighted by atomic mass is 10.1. The molecule has 1 fully saturated rings. The van der Waals surface area contributed by atoms with Crippen LogP contribution in [0.4, 0.5) is 18.9 Å². The van der Waals surface area contributed by atoms with Gasteiger partial charge in [-0.1, -0.05) is 18.2 Å². The molecule has 0 spiro atoms. The fraction of sp³-hybridized carbons (Fsp3) is 0.571. The fourth-order valence-electron chi connectivity index (χ4n) is 2.72. The van der Waals surface area contributed by atoms with Gasteiger partial charge in [-0.2, -0.15) is 13.2 Å². The third-order valence-corrected chi connectivity index (χ3v) is 3.63. The van der Waals surface area contributed by atoms with Crippen molar-refractivity contribution in [3.05, 3.63) is 29.3 Å². The third kappa shape index (κ3) is 3.64. The Morgan fingerprint density at radius 3 is 2.35 bits per heavy atom. The summed E-state index contributed by atoms with van der Waals surface area (Å²) in [5.74, 6) is 0. The number of piperazine rings is 1. The highest BCUT2D eigenvalue weighted by Crippen LogP contribution is 2.26. The maximum Gasteiger partial charge on any atom is 0.401 e. The van der Waals surface area contributed by atoms with Crippen LogP contribution in [0.3, 0.4) is 0 Å². The fourth-order valence-corrected chi connectivity index (χ4v) is 2.72. The Labute approximate surface area is 117 Å². The van der Waals surface area contributed by atoms with Gasteiger partial charge in [0.1, 0.15) is 0 Å². The van der Waals surface area contributed by atoms with E-state index in [2.05, 4.69) is 4.90 Å². The molecule has 0 aliphatic carbocycles. The summed E-state index contributed by atoms with van der Waals surface area (Å²) in [6, 6.07) is 5.95. The van der Waals surface area contributed by atoms with Crippen LogP contribution in [0.5, 0.6) is 0 Å². The second-order valence-electron chi connectivity index (χ2n) is 5.17. The van der Waals surface area contributed by atoms with E-state index < -0.39 is 12.7 Å². The smallest absolute Gasteiger partial charge is 0.368 e. The average molecular weight is 287 g/mol. The van der Waals surface area contributed by atoms with Crippen LogP contribution in [0.2, 0.25) is 0 Å². The second-order valence-corrected chi connectivity index (χ2v) is 5.17. The van der Waals surface area contributed by atoms with Gasteiger partial charge in [0.15, 0.2) is 0 Å². The maximum absolute atomic E-state index is 12.4. The van der Waals surface area contributed by atoms with Gasteiger partial charge in [0.2, 0.25) is 0 Å². The molecular formula is C14H20F3N3. The minimum Gasteiger partial charge on any atom is -0.368 e. The number of rotatable bonds is 3. The second kappa shape index (κ2) is 6.01. The Morgan fingerprint density at radius 1 is 1.15 bits per heavy atom. The zero-order chi connectivity index (χ0) is 14.8. The molecule has 1 aromatic rings. The van der Waals surface area contributed by atoms with Crippen molar-refractivity contribution < 1.29 is 13.2 Å². The van der Waals surface area contributed by atoms with Gasteiger partial charge in [0.05, 0.1) is 6.54 Å². The van der Waals surface area contributed by atoms with E-state index in [9.17, 15) is 13.2 Å². The van der Waals surface area contributed by atoms with Crippen molar-refractivity contribution in [2.24, 2.45) is 5.73 Å². The summed E-state index contributed by atoms with van der Waals surface area (Å²) < 4.78 is 37.1. The lowest BCUT2D eigenvalue weighted by Crippen LogP contribution is -2.49. The van der Waals surface area contributed by atoms with Gasteiger partial charge in [0, 0.05) is 38.4 Å². The zero-order valence-corrected chi connectivity index (χ0v) is 11.6. The van der Waals surface area contributed by atoms with E-state index >= 15 is 0 Å². The zero-order valence-electron chi connectivity index (χ0n) is 11.6. The van der Waals surface area contributed by atoms with Gasteiger partial charge in [-0.15, -0.1) is 0 Å². The molecule has 0 amide bonds. The van der Waals surface area contributed by atoms with E-state index in [0.29, 0.717) is 32.7 Å². The number of halogens is 3. The summed E-state index contributed by atoms with van der Waals surface area (Å²) in [7, 11) is 0. The van der Waals surface area contributed by atoms with E-state index in [1.807, 2.05) is 25.1 Å². The number of aryl methyl sites for hydroxylation is 1. The van der Waals surface area contributed by atoms with E-state index in [0.717, 1.165) is 16.8 Å². The van der Waals surface area contributed by atoms with E-state index in [4.69, 9.17) is 5.73 Å². The molecule has 1 aromatic carbocycles. The Bertz CT molecular complexity index is 451. The monoisotopic (exact) mass is 287 g/mol. The number of alkyl halides is 3. The molecule has 0 radical (unpaired) electrons. The lowest BCUT2D eigenvalue weighted by Gasteiger charge is -2.37. The van der Waals surface area contributed by atoms with Crippen molar-refractivity contribution in [1.82, 2.24) is 4.90 Å². The van der Waals surface area contributed by atoms with Gasteiger partial charge < -0.3 is 10.6 Å². The van der Waals surface area contributed by atoms with E-state index in [1.54, 1.807) is 0 Å². The number of hydrogen-bond acceptors (Lipinski definition) is 3. The molecule has 0 bridgehead atoms. The molecule has 0 atom stereocenters. The molecule has 0 unspecified atom stereocenters. The van der Waals surface area contributed by atoms with Gasteiger partial charge in [-0.25, -0.2) is 0 Å². The number of para-hydroxylation sites is 1. The number of nitrogens with zero attached hydrogens (tertiary/aromatic N) is 2. The minimum absolute atomic E-state index is 0.428. The van der Waals surface area contributed by atoms with Crippen molar-refractivity contribution in [1.29, 1.82) is 0 Å². The van der Waals surface area contributed by atoms with Crippen LogP contribution in [0, 0.1) is 6.92 Å². The predicted octanol–water partition coefficient (Wildman–Crippen LogP) is 2.14. The van der Waals surface area contributed by atoms with Crippen LogP contribution in [-0.2, 0) is 6.54 Å². The van der Waals surface area contributed by atoms with Gasteiger partial charge in [-0.05, 0) is 18.1 Å². The number of nitrogens with two attached hydrogens (primary N) is 1. The largest absolute Gasteiger partial charge is 0.401 e. The number of anilines is 1. The van der Waals surface area contributed by atoms with Gasteiger partial charge in [0.25, 0.3) is 0 Å². The average Bonchev–Trinajstić information content (AvgIpc) is 2.38. The Hall–Kier alpha value is -1.27. The Morgan fingerprint density at radius 2 is 1.80 bits per heavy atom. The first-order valence-electron chi connectivity index (χ1n) is 6.73. The van der Waals surface area contributed by atoms with E-state index in [1.165, 1.54) is 4.90 Å². The highest BCUT2D eigenvalue weighted by atomic mass is 19.4. The molecule has 2 N–H and O–H groups in total. The summed E-state index contributed by atoms with van der Waals surface area (Å²) in [5.41, 5.74) is 9.01. The highest BCUT2D eigenvalue weighted by molar-refractivity contribution is 5.59. The quantitative estimate of drug-likeness (QED) is 0.924. The molecule has 112 valence electrons. The third-order valence-electron chi connectivity index (χ3n) is 3.63. The molecule has 20 heavy (non-hydrogen) atoms. The van der Waals surface area contributed by atoms with Gasteiger partial charge >= 0.3 is 6.18 Å². The first kappa shape index (κ1) is 15.1. The predicted molar refractivity (Wildman–Crippen MR) is 73.8 cm³/mol. The summed E-state index contributed by atoms with van der Waals surface area (Å²) in [6.45, 7) is 3.70. The van der Waals surface area contributed by atoms with Crippen molar-refractivity contribution in [3.8, 4) is 0 Å². The van der Waals surface area contributed by atoms with Crippen molar-refractivity contribution >= 4 is 5.69 Å². The lowest BCUT2D eigenvalue weighted by molar-refractivity contribution is -0.146. The minimum atomic E-state index is -4.12. The molecule has 3 nitrogen and oxygen atoms in total. The molecule has 1 heterocycles. The summed E-state index contributed by atoms with van der Waals surface area (Å²) >= 11 is 0. The van der Waals surface area contributed by atoms with Crippen molar-refractivity contribution in [2.75, 3.05) is 37.6 Å². The van der Waals surface area contributed by atoms with E-state index in [-0.39, 0.29) is 0 Å². The molecule has 1 aliphatic heterocycles. The Kier molecular flexibility index (Phi) is 4.55.